The van der Waals surface area contributed by atoms with E-state index in [-0.39, 0.29) is 24.9 Å². The molecule has 1 saturated heterocycles. The molecule has 0 spiro atoms. The first-order chi connectivity index (χ1) is 29.3. The first kappa shape index (κ1) is 44.3. The van der Waals surface area contributed by atoms with Gasteiger partial charge < -0.3 is 23.4 Å². The summed E-state index contributed by atoms with van der Waals surface area (Å²) in [4.78, 5) is 63.8. The maximum Gasteiger partial charge on any atom is 0.333 e. The summed E-state index contributed by atoms with van der Waals surface area (Å²) in [6.07, 6.45) is 5.50. The van der Waals surface area contributed by atoms with Gasteiger partial charge in [-0.3, -0.25) is 14.2 Å². The number of nitrogens with zero attached hydrogens (tertiary/aromatic N) is 3. The van der Waals surface area contributed by atoms with Gasteiger partial charge in [-0.2, -0.15) is 0 Å². The molecule has 11 nitrogen and oxygen atoms in total. The van der Waals surface area contributed by atoms with Crippen LogP contribution in [0.25, 0.3) is 21.0 Å². The number of ether oxygens (including phenoxy) is 3. The Labute approximate surface area is 362 Å². The lowest BCUT2D eigenvalue weighted by Crippen LogP contribution is -2.66. The lowest BCUT2D eigenvalue weighted by molar-refractivity contribution is -0.127. The standard InChI is InChI=1S/C48H57N3O8SSi/c1-7-8-26-57-32-34-17-15-16-22-38(34)39(59-35-23-27-56-28-24-35)31-50-45-41(33(2)42(60-45)43-49-25-29-58-43)44(53)51(46(50)54)48(5,6)40(52)30-47(3,4)61(55,36-18-11-9-12-19-36)37-20-13-10-14-21-37/h9-22,25,29,35,39,55H,7-8,23-24,26-28,30-32H2,1-6H3/t39-/m0/s1. The molecule has 322 valence electrons. The Bertz CT molecular complexity index is 2500. The van der Waals surface area contributed by atoms with E-state index in [0.29, 0.717) is 65.8 Å². The van der Waals surface area contributed by atoms with Crippen molar-refractivity contribution in [1.82, 2.24) is 14.1 Å². The van der Waals surface area contributed by atoms with E-state index in [1.54, 1.807) is 24.6 Å². The van der Waals surface area contributed by atoms with Crippen LogP contribution in [0.3, 0.4) is 0 Å². The van der Waals surface area contributed by atoms with E-state index in [9.17, 15) is 4.80 Å². The summed E-state index contributed by atoms with van der Waals surface area (Å²) in [5, 5.41) is 0.853. The second-order valence-electron chi connectivity index (χ2n) is 17.1. The number of ketones is 1. The molecule has 1 fully saturated rings. The molecule has 1 atom stereocenters. The van der Waals surface area contributed by atoms with Crippen LogP contribution in [0.4, 0.5) is 0 Å². The second-order valence-corrected chi connectivity index (χ2v) is 22.1. The van der Waals surface area contributed by atoms with E-state index in [1.165, 1.54) is 17.6 Å². The van der Waals surface area contributed by atoms with E-state index in [2.05, 4.69) is 11.9 Å². The minimum atomic E-state index is -3.63. The maximum atomic E-state index is 15.4. The van der Waals surface area contributed by atoms with Gasteiger partial charge in [-0.15, -0.1) is 11.3 Å². The molecule has 13 heteroatoms. The number of carbonyl (C=O) groups excluding carboxylic acids is 1. The second kappa shape index (κ2) is 18.7. The quantitative estimate of drug-likeness (QED) is 0.0683. The molecule has 3 aromatic heterocycles. The fourth-order valence-corrected chi connectivity index (χ4v) is 13.5. The van der Waals surface area contributed by atoms with E-state index in [0.717, 1.165) is 38.9 Å². The highest BCUT2D eigenvalue weighted by Gasteiger charge is 2.52. The number of Topliss-reactive ketones (excluding diaryl/α,β-unsaturated/α-hetero) is 1. The zero-order chi connectivity index (χ0) is 43.4. The lowest BCUT2D eigenvalue weighted by Gasteiger charge is -2.42. The Morgan fingerprint density at radius 1 is 0.967 bits per heavy atom. The van der Waals surface area contributed by atoms with Crippen LogP contribution in [-0.4, -0.2) is 58.9 Å². The molecule has 6 aromatic rings. The summed E-state index contributed by atoms with van der Waals surface area (Å²) in [5.41, 5.74) is -0.423. The first-order valence-corrected chi connectivity index (χ1v) is 24.0. The monoisotopic (exact) mass is 863 g/mol. The number of hydrogen-bond donors (Lipinski definition) is 1. The molecule has 7 rings (SSSR count). The molecule has 1 aliphatic heterocycles. The van der Waals surface area contributed by atoms with Crippen molar-refractivity contribution < 1.29 is 28.2 Å². The number of hydrogen-bond acceptors (Lipinski definition) is 10. The molecule has 1 aliphatic rings. The topological polar surface area (TPSA) is 135 Å². The van der Waals surface area contributed by atoms with Crippen molar-refractivity contribution in [2.75, 3.05) is 19.8 Å². The van der Waals surface area contributed by atoms with Gasteiger partial charge in [0.25, 0.3) is 13.9 Å². The van der Waals surface area contributed by atoms with Crippen LogP contribution in [0.15, 0.2) is 111 Å². The summed E-state index contributed by atoms with van der Waals surface area (Å²) in [6, 6.07) is 27.0. The molecule has 4 heterocycles. The largest absolute Gasteiger partial charge is 0.444 e. The summed E-state index contributed by atoms with van der Waals surface area (Å²) < 4.78 is 27.2. The molecule has 3 aromatic carbocycles. The third-order valence-electron chi connectivity index (χ3n) is 12.2. The Morgan fingerprint density at radius 2 is 1.61 bits per heavy atom. The number of benzene rings is 3. The van der Waals surface area contributed by atoms with Gasteiger partial charge in [-0.1, -0.05) is 112 Å². The van der Waals surface area contributed by atoms with Crippen molar-refractivity contribution in [2.24, 2.45) is 0 Å². The third kappa shape index (κ3) is 8.82. The van der Waals surface area contributed by atoms with Gasteiger partial charge in [0.1, 0.15) is 22.7 Å². The van der Waals surface area contributed by atoms with E-state index < -0.39 is 36.2 Å². The molecule has 0 amide bonds. The number of thiophene rings is 1. The summed E-state index contributed by atoms with van der Waals surface area (Å²) in [6.45, 7) is 13.2. The van der Waals surface area contributed by atoms with Gasteiger partial charge >= 0.3 is 5.69 Å². The van der Waals surface area contributed by atoms with Crippen molar-refractivity contribution in [2.45, 2.75) is 110 Å². The lowest BCUT2D eigenvalue weighted by atomic mass is 9.91. The smallest absolute Gasteiger partial charge is 0.333 e. The van der Waals surface area contributed by atoms with Crippen LogP contribution in [0, 0.1) is 6.92 Å². The summed E-state index contributed by atoms with van der Waals surface area (Å²) in [7, 11) is -3.63. The average Bonchev–Trinajstić information content (AvgIpc) is 3.92. The van der Waals surface area contributed by atoms with Crippen LogP contribution in [0.1, 0.15) is 89.5 Å². The Morgan fingerprint density at radius 3 is 2.23 bits per heavy atom. The predicted octanol–water partition coefficient (Wildman–Crippen LogP) is 7.67. The number of oxazole rings is 1. The van der Waals surface area contributed by atoms with Gasteiger partial charge in [-0.05, 0) is 72.1 Å². The van der Waals surface area contributed by atoms with Crippen molar-refractivity contribution in [3.8, 4) is 10.8 Å². The van der Waals surface area contributed by atoms with Crippen LogP contribution in [0.2, 0.25) is 5.04 Å². The summed E-state index contributed by atoms with van der Waals surface area (Å²) >= 11 is 1.26. The molecule has 61 heavy (non-hydrogen) atoms. The number of aryl methyl sites for hydroxylation is 1. The van der Waals surface area contributed by atoms with E-state index >= 15 is 14.4 Å². The zero-order valence-electron chi connectivity index (χ0n) is 36.0. The number of carbonyl (C=O) groups is 1. The van der Waals surface area contributed by atoms with Gasteiger partial charge in [0.05, 0.1) is 35.7 Å². The Hall–Kier alpha value is -4.76. The molecular formula is C48H57N3O8SSi. The van der Waals surface area contributed by atoms with Crippen molar-refractivity contribution >= 4 is 46.0 Å². The highest BCUT2D eigenvalue weighted by atomic mass is 32.1. The molecule has 1 N–H and O–H groups in total. The molecule has 0 aliphatic carbocycles. The molecular weight excluding hydrogens is 807 g/mol. The van der Waals surface area contributed by atoms with Gasteiger partial charge in [0, 0.05) is 26.2 Å². The van der Waals surface area contributed by atoms with Crippen molar-refractivity contribution in [3.63, 3.8) is 0 Å². The molecule has 0 bridgehead atoms. The van der Waals surface area contributed by atoms with Crippen LogP contribution < -0.4 is 21.6 Å². The fourth-order valence-electron chi connectivity index (χ4n) is 8.55. The minimum Gasteiger partial charge on any atom is -0.444 e. The van der Waals surface area contributed by atoms with Crippen molar-refractivity contribution in [3.05, 3.63) is 135 Å². The number of unbranched alkanes of at least 4 members (excludes halogenated alkanes) is 1. The molecule has 0 radical (unpaired) electrons. The average molecular weight is 864 g/mol. The fraction of sp³-hybridized carbons (Fsp3) is 0.417. The zero-order valence-corrected chi connectivity index (χ0v) is 37.8. The van der Waals surface area contributed by atoms with Crippen LogP contribution in [0.5, 0.6) is 0 Å². The van der Waals surface area contributed by atoms with Gasteiger partial charge in [-0.25, -0.2) is 14.3 Å². The minimum absolute atomic E-state index is 0.0500. The highest BCUT2D eigenvalue weighted by Crippen LogP contribution is 2.42. The number of aromatic nitrogens is 3. The SMILES string of the molecule is CCCCOCc1ccccc1[C@H](Cn1c(=O)n(C(C)(C)C(=O)CC(C)(C)[Si](O)(c2ccccc2)c2ccccc2)c(=O)c2c(C)c(-c3ncco3)sc21)OC1CCOCC1. The molecule has 0 saturated carbocycles. The first-order valence-electron chi connectivity index (χ1n) is 21.2. The van der Waals surface area contributed by atoms with Crippen molar-refractivity contribution in [1.29, 1.82) is 0 Å². The van der Waals surface area contributed by atoms with Crippen LogP contribution >= 0.6 is 11.3 Å². The summed E-state index contributed by atoms with van der Waals surface area (Å²) in [5.74, 6) is -0.0258. The number of rotatable bonds is 18. The van der Waals surface area contributed by atoms with Crippen LogP contribution in [-0.2, 0) is 37.7 Å². The third-order valence-corrected chi connectivity index (χ3v) is 18.0. The molecule has 0 unspecified atom stereocenters. The Kier molecular flexibility index (Phi) is 13.6. The maximum absolute atomic E-state index is 15.4. The normalized spacial score (nSPS) is 14.7. The Balaban J connectivity index is 1.37. The highest BCUT2D eigenvalue weighted by molar-refractivity contribution is 7.22. The number of fused-ring (bicyclic) bond motifs is 1. The van der Waals surface area contributed by atoms with E-state index in [4.69, 9.17) is 18.6 Å². The predicted molar refractivity (Wildman–Crippen MR) is 242 cm³/mol. The van der Waals surface area contributed by atoms with E-state index in [1.807, 2.05) is 106 Å². The van der Waals surface area contributed by atoms with Gasteiger partial charge in [0.15, 0.2) is 5.78 Å². The van der Waals surface area contributed by atoms with Gasteiger partial charge in [0.2, 0.25) is 5.89 Å².